The second-order valence-corrected chi connectivity index (χ2v) is 4.68. The molecular weight excluding hydrogens is 236 g/mol. The number of rotatable bonds is 2. The van der Waals surface area contributed by atoms with Gasteiger partial charge in [-0.2, -0.15) is 4.98 Å². The van der Waals surface area contributed by atoms with Gasteiger partial charge in [0.1, 0.15) is 4.88 Å². The first-order valence-corrected chi connectivity index (χ1v) is 5.89. The van der Waals surface area contributed by atoms with Crippen LogP contribution in [0.5, 0.6) is 5.88 Å². The van der Waals surface area contributed by atoms with Crippen LogP contribution in [0.15, 0.2) is 24.3 Å². The molecule has 0 radical (unpaired) electrons. The Bertz CT molecular complexity index is 546. The maximum absolute atomic E-state index is 11.0. The van der Waals surface area contributed by atoms with Crippen molar-refractivity contribution in [2.24, 2.45) is 0 Å². The molecule has 0 saturated carbocycles. The first-order chi connectivity index (χ1) is 8.06. The van der Waals surface area contributed by atoms with Gasteiger partial charge in [-0.1, -0.05) is 41.2 Å². The van der Waals surface area contributed by atoms with Gasteiger partial charge in [0.2, 0.25) is 5.88 Å². The van der Waals surface area contributed by atoms with Crippen LogP contribution in [0.2, 0.25) is 0 Å². The van der Waals surface area contributed by atoms with Crippen molar-refractivity contribution < 1.29 is 9.53 Å². The summed E-state index contributed by atoms with van der Waals surface area (Å²) < 4.78 is 5.03. The third-order valence-corrected chi connectivity index (χ3v) is 3.08. The molecule has 1 heterocycles. The van der Waals surface area contributed by atoms with E-state index in [0.29, 0.717) is 5.13 Å². The molecule has 0 fully saturated rings. The molecular formula is C12H12N2O2S. The van der Waals surface area contributed by atoms with Gasteiger partial charge in [-0.05, 0) is 12.5 Å². The molecule has 2 N–H and O–H groups in total. The quantitative estimate of drug-likeness (QED) is 0.830. The third-order valence-electron chi connectivity index (χ3n) is 2.17. The van der Waals surface area contributed by atoms with Crippen molar-refractivity contribution >= 4 is 22.4 Å². The highest BCUT2D eigenvalue weighted by atomic mass is 32.1. The molecule has 17 heavy (non-hydrogen) atoms. The third kappa shape index (κ3) is 2.62. The van der Waals surface area contributed by atoms with Gasteiger partial charge < -0.3 is 10.5 Å². The Morgan fingerprint density at radius 2 is 2.00 bits per heavy atom. The summed E-state index contributed by atoms with van der Waals surface area (Å²) in [7, 11) is 0. The maximum Gasteiger partial charge on any atom is 0.309 e. The average molecular weight is 248 g/mol. The summed E-state index contributed by atoms with van der Waals surface area (Å²) in [6.07, 6.45) is 0. The van der Waals surface area contributed by atoms with Crippen LogP contribution in [-0.4, -0.2) is 11.0 Å². The molecule has 0 spiro atoms. The van der Waals surface area contributed by atoms with Gasteiger partial charge in [-0.15, -0.1) is 0 Å². The number of nitrogens with two attached hydrogens (primary N) is 1. The van der Waals surface area contributed by atoms with E-state index in [4.69, 9.17) is 10.5 Å². The zero-order valence-electron chi connectivity index (χ0n) is 9.56. The van der Waals surface area contributed by atoms with E-state index in [0.717, 1.165) is 10.4 Å². The summed E-state index contributed by atoms with van der Waals surface area (Å²) in [5, 5.41) is 0.386. The molecule has 5 heteroatoms. The number of esters is 1. The number of aryl methyl sites for hydroxylation is 1. The first kappa shape index (κ1) is 11.6. The van der Waals surface area contributed by atoms with Gasteiger partial charge >= 0.3 is 5.97 Å². The minimum absolute atomic E-state index is 0.281. The Hall–Kier alpha value is -1.88. The van der Waals surface area contributed by atoms with E-state index >= 15 is 0 Å². The number of aromatic nitrogens is 1. The van der Waals surface area contributed by atoms with Crippen LogP contribution in [-0.2, 0) is 4.79 Å². The number of thiazole rings is 1. The van der Waals surface area contributed by atoms with Crippen molar-refractivity contribution in [3.63, 3.8) is 0 Å². The second-order valence-electron chi connectivity index (χ2n) is 3.65. The largest absolute Gasteiger partial charge is 0.406 e. The summed E-state index contributed by atoms with van der Waals surface area (Å²) in [5.41, 5.74) is 7.75. The lowest BCUT2D eigenvalue weighted by molar-refractivity contribution is -0.132. The molecule has 2 rings (SSSR count). The van der Waals surface area contributed by atoms with Crippen molar-refractivity contribution in [2.45, 2.75) is 13.8 Å². The predicted octanol–water partition coefficient (Wildman–Crippen LogP) is 2.63. The number of carbonyl (C=O) groups is 1. The van der Waals surface area contributed by atoms with Gasteiger partial charge in [-0.25, -0.2) is 0 Å². The van der Waals surface area contributed by atoms with E-state index in [1.54, 1.807) is 0 Å². The molecule has 0 unspecified atom stereocenters. The zero-order valence-corrected chi connectivity index (χ0v) is 10.4. The molecule has 0 aliphatic carbocycles. The fourth-order valence-corrected chi connectivity index (χ4v) is 2.18. The second kappa shape index (κ2) is 4.55. The molecule has 0 aliphatic heterocycles. The van der Waals surface area contributed by atoms with Crippen LogP contribution in [0.1, 0.15) is 12.5 Å². The van der Waals surface area contributed by atoms with Gasteiger partial charge in [0.05, 0.1) is 0 Å². The van der Waals surface area contributed by atoms with Crippen molar-refractivity contribution in [3.8, 4) is 16.3 Å². The van der Waals surface area contributed by atoms with E-state index in [2.05, 4.69) is 4.98 Å². The SMILES string of the molecule is CC(=O)Oc1nc(N)sc1-c1ccc(C)cc1. The Labute approximate surface area is 103 Å². The van der Waals surface area contributed by atoms with Crippen LogP contribution in [0, 0.1) is 6.92 Å². The molecule has 2 aromatic rings. The number of nitrogen functional groups attached to an aromatic ring is 1. The lowest BCUT2D eigenvalue weighted by Crippen LogP contribution is -2.02. The molecule has 0 amide bonds. The molecule has 88 valence electrons. The summed E-state index contributed by atoms with van der Waals surface area (Å²) in [6.45, 7) is 3.35. The zero-order chi connectivity index (χ0) is 12.4. The fourth-order valence-electron chi connectivity index (χ4n) is 1.41. The Morgan fingerprint density at radius 3 is 2.59 bits per heavy atom. The number of hydrogen-bond acceptors (Lipinski definition) is 5. The van der Waals surface area contributed by atoms with Gasteiger partial charge in [-0.3, -0.25) is 4.79 Å². The van der Waals surface area contributed by atoms with Crippen LogP contribution >= 0.6 is 11.3 Å². The Kier molecular flexibility index (Phi) is 3.10. The molecule has 0 atom stereocenters. The summed E-state index contributed by atoms with van der Waals surface area (Å²) in [6, 6.07) is 7.89. The molecule has 0 aliphatic rings. The monoisotopic (exact) mass is 248 g/mol. The van der Waals surface area contributed by atoms with Crippen LogP contribution in [0.25, 0.3) is 10.4 Å². The molecule has 1 aromatic heterocycles. The summed E-state index contributed by atoms with van der Waals surface area (Å²) in [5.74, 6) is -0.118. The number of carbonyl (C=O) groups excluding carboxylic acids is 1. The first-order valence-electron chi connectivity index (χ1n) is 5.08. The minimum atomic E-state index is -0.399. The van der Waals surface area contributed by atoms with Crippen molar-refractivity contribution in [2.75, 3.05) is 5.73 Å². The average Bonchev–Trinajstić information content (AvgIpc) is 2.59. The van der Waals surface area contributed by atoms with Crippen LogP contribution in [0.3, 0.4) is 0 Å². The number of ether oxygens (including phenoxy) is 1. The standard InChI is InChI=1S/C12H12N2O2S/c1-7-3-5-9(6-4-7)10-11(16-8(2)15)14-12(13)17-10/h3-6H,1-2H3,(H2,13,14). The summed E-state index contributed by atoms with van der Waals surface area (Å²) in [4.78, 5) is 15.7. The van der Waals surface area contributed by atoms with E-state index in [1.807, 2.05) is 31.2 Å². The van der Waals surface area contributed by atoms with Gasteiger partial charge in [0, 0.05) is 6.92 Å². The van der Waals surface area contributed by atoms with Crippen molar-refractivity contribution in [3.05, 3.63) is 29.8 Å². The molecule has 0 saturated heterocycles. The maximum atomic E-state index is 11.0. The van der Waals surface area contributed by atoms with Crippen molar-refractivity contribution in [1.29, 1.82) is 0 Å². The highest BCUT2D eigenvalue weighted by molar-refractivity contribution is 7.19. The van der Waals surface area contributed by atoms with Crippen LogP contribution < -0.4 is 10.5 Å². The summed E-state index contributed by atoms with van der Waals surface area (Å²) >= 11 is 1.30. The Morgan fingerprint density at radius 1 is 1.35 bits per heavy atom. The highest BCUT2D eigenvalue weighted by Gasteiger charge is 2.14. The van der Waals surface area contributed by atoms with E-state index in [9.17, 15) is 4.79 Å². The van der Waals surface area contributed by atoms with Crippen LogP contribution in [0.4, 0.5) is 5.13 Å². The lowest BCUT2D eigenvalue weighted by Gasteiger charge is -2.01. The topological polar surface area (TPSA) is 65.2 Å². The normalized spacial score (nSPS) is 10.2. The number of benzene rings is 1. The van der Waals surface area contributed by atoms with E-state index < -0.39 is 5.97 Å². The van der Waals surface area contributed by atoms with E-state index in [-0.39, 0.29) is 5.88 Å². The highest BCUT2D eigenvalue weighted by Crippen LogP contribution is 2.36. The fraction of sp³-hybridized carbons (Fsp3) is 0.167. The predicted molar refractivity (Wildman–Crippen MR) is 68.0 cm³/mol. The van der Waals surface area contributed by atoms with E-state index in [1.165, 1.54) is 23.8 Å². The van der Waals surface area contributed by atoms with Gasteiger partial charge in [0.15, 0.2) is 5.13 Å². The lowest BCUT2D eigenvalue weighted by atomic mass is 10.1. The molecule has 4 nitrogen and oxygen atoms in total. The minimum Gasteiger partial charge on any atom is -0.406 e. The Balaban J connectivity index is 2.43. The smallest absolute Gasteiger partial charge is 0.309 e. The van der Waals surface area contributed by atoms with Gasteiger partial charge in [0.25, 0.3) is 0 Å². The molecule has 0 bridgehead atoms. The van der Waals surface area contributed by atoms with Crippen molar-refractivity contribution in [1.82, 2.24) is 4.98 Å². The number of anilines is 1. The number of hydrogen-bond donors (Lipinski definition) is 1. The molecule has 1 aromatic carbocycles. The number of nitrogens with zero attached hydrogens (tertiary/aromatic N) is 1.